The smallest absolute Gasteiger partial charge is 0.245 e. The van der Waals surface area contributed by atoms with Crippen LogP contribution in [0.5, 0.6) is 0 Å². The van der Waals surface area contributed by atoms with Crippen molar-refractivity contribution >= 4 is 28.6 Å². The zero-order valence-electron chi connectivity index (χ0n) is 10.4. The molecule has 0 bridgehead atoms. The highest BCUT2D eigenvalue weighted by molar-refractivity contribution is 14.1. The lowest BCUT2D eigenvalue weighted by Gasteiger charge is -2.16. The number of hydrogen-bond donors (Lipinski definition) is 1. The predicted molar refractivity (Wildman–Crippen MR) is 78.5 cm³/mol. The van der Waals surface area contributed by atoms with Crippen LogP contribution < -0.4 is 3.53 Å². The first-order chi connectivity index (χ1) is 9.04. The fourth-order valence-corrected chi connectivity index (χ4v) is 2.34. The molecule has 4 nitrogen and oxygen atoms in total. The summed E-state index contributed by atoms with van der Waals surface area (Å²) in [5.74, 6) is -0.187. The molecule has 0 amide bonds. The van der Waals surface area contributed by atoms with Crippen LogP contribution in [0.1, 0.15) is 18.4 Å². The average molecular weight is 378 g/mol. The average Bonchev–Trinajstić information content (AvgIpc) is 2.83. The van der Waals surface area contributed by atoms with Crippen LogP contribution >= 0.6 is 22.9 Å². The Bertz CT molecular complexity index is 571. The van der Waals surface area contributed by atoms with Crippen LogP contribution in [0.2, 0.25) is 0 Å². The van der Waals surface area contributed by atoms with Crippen LogP contribution in [0.15, 0.2) is 24.5 Å². The molecule has 0 saturated heterocycles. The number of alkyl halides is 2. The third-order valence-electron chi connectivity index (χ3n) is 2.99. The molecule has 1 aromatic carbocycles. The number of benzene rings is 1. The van der Waals surface area contributed by atoms with E-state index in [9.17, 15) is 8.78 Å². The molecular formula is C12H13F2IN4. The Morgan fingerprint density at radius 3 is 2.63 bits per heavy atom. The van der Waals surface area contributed by atoms with Gasteiger partial charge in [-0.3, -0.25) is 0 Å². The van der Waals surface area contributed by atoms with Gasteiger partial charge in [0.25, 0.3) is 0 Å². The van der Waals surface area contributed by atoms with E-state index in [1.54, 1.807) is 23.0 Å². The molecule has 0 unspecified atom stereocenters. The van der Waals surface area contributed by atoms with Gasteiger partial charge < -0.3 is 8.10 Å². The standard InChI is InChI=1S/C12H13F2IN4/c1-7(11(13)14)9-5-8(3-4-10(9)17-15)12-18-16-6-19(12)2/h3-7,11,17H,1-2H3/t7-/m1/s1. The molecule has 102 valence electrons. The maximum Gasteiger partial charge on any atom is 0.245 e. The summed E-state index contributed by atoms with van der Waals surface area (Å²) in [6.07, 6.45) is -0.825. The second kappa shape index (κ2) is 5.81. The number of nitrogens with zero attached hydrogens (tertiary/aromatic N) is 3. The minimum absolute atomic E-state index is 0.574. The molecule has 0 aliphatic carbocycles. The summed E-state index contributed by atoms with van der Waals surface area (Å²) in [6.45, 7) is 1.51. The fourth-order valence-electron chi connectivity index (χ4n) is 1.84. The zero-order chi connectivity index (χ0) is 14.0. The highest BCUT2D eigenvalue weighted by Crippen LogP contribution is 2.33. The lowest BCUT2D eigenvalue weighted by molar-refractivity contribution is 0.121. The van der Waals surface area contributed by atoms with Crippen molar-refractivity contribution in [3.63, 3.8) is 0 Å². The zero-order valence-corrected chi connectivity index (χ0v) is 12.6. The first kappa shape index (κ1) is 14.2. The summed E-state index contributed by atoms with van der Waals surface area (Å²) < 4.78 is 30.5. The van der Waals surface area contributed by atoms with Gasteiger partial charge in [0.05, 0.1) is 22.9 Å². The monoisotopic (exact) mass is 378 g/mol. The summed E-state index contributed by atoms with van der Waals surface area (Å²) in [4.78, 5) is 0. The highest BCUT2D eigenvalue weighted by Gasteiger charge is 2.21. The van der Waals surface area contributed by atoms with Gasteiger partial charge in [-0.1, -0.05) is 6.92 Å². The van der Waals surface area contributed by atoms with Crippen molar-refractivity contribution in [2.24, 2.45) is 7.05 Å². The summed E-state index contributed by atoms with van der Waals surface area (Å²) in [7, 11) is 1.82. The van der Waals surface area contributed by atoms with Crippen LogP contribution in [0.4, 0.5) is 14.5 Å². The van der Waals surface area contributed by atoms with Crippen LogP contribution in [-0.4, -0.2) is 21.2 Å². The van der Waals surface area contributed by atoms with Crippen LogP contribution in [0.25, 0.3) is 11.4 Å². The number of halogens is 3. The van der Waals surface area contributed by atoms with Crippen molar-refractivity contribution in [3.8, 4) is 11.4 Å². The van der Waals surface area contributed by atoms with Gasteiger partial charge in [0, 0.05) is 24.2 Å². The Labute approximate surface area is 123 Å². The lowest BCUT2D eigenvalue weighted by atomic mass is 9.97. The van der Waals surface area contributed by atoms with Crippen LogP contribution in [-0.2, 0) is 7.05 Å². The topological polar surface area (TPSA) is 42.7 Å². The normalized spacial score (nSPS) is 12.7. The molecule has 7 heteroatoms. The van der Waals surface area contributed by atoms with Gasteiger partial charge in [-0.25, -0.2) is 8.78 Å². The Hall–Kier alpha value is -1.25. The lowest BCUT2D eigenvalue weighted by Crippen LogP contribution is -2.07. The number of nitrogens with one attached hydrogen (secondary N) is 1. The number of aromatic nitrogens is 3. The first-order valence-corrected chi connectivity index (χ1v) is 6.75. The van der Waals surface area contributed by atoms with E-state index in [0.29, 0.717) is 17.1 Å². The van der Waals surface area contributed by atoms with Crippen molar-refractivity contribution in [3.05, 3.63) is 30.1 Å². The van der Waals surface area contributed by atoms with E-state index in [2.05, 4.69) is 13.7 Å². The molecule has 19 heavy (non-hydrogen) atoms. The van der Waals surface area contributed by atoms with Crippen molar-refractivity contribution in [1.29, 1.82) is 0 Å². The Morgan fingerprint density at radius 2 is 2.11 bits per heavy atom. The maximum atomic E-state index is 12.9. The van der Waals surface area contributed by atoms with Gasteiger partial charge in [-0.15, -0.1) is 10.2 Å². The van der Waals surface area contributed by atoms with Gasteiger partial charge in [-0.2, -0.15) is 0 Å². The van der Waals surface area contributed by atoms with E-state index in [4.69, 9.17) is 0 Å². The van der Waals surface area contributed by atoms with E-state index in [-0.39, 0.29) is 0 Å². The molecule has 0 aliphatic heterocycles. The fraction of sp³-hybridized carbons (Fsp3) is 0.333. The predicted octanol–water partition coefficient (Wildman–Crippen LogP) is 3.61. The SMILES string of the molecule is C[C@H](c1cc(-c2nncn2C)ccc1NI)C(F)F. The molecule has 1 heterocycles. The number of aryl methyl sites for hydroxylation is 1. The number of hydrogen-bond acceptors (Lipinski definition) is 3. The molecule has 1 atom stereocenters. The van der Waals surface area contributed by atoms with E-state index >= 15 is 0 Å². The first-order valence-electron chi connectivity index (χ1n) is 5.67. The van der Waals surface area contributed by atoms with Crippen molar-refractivity contribution in [1.82, 2.24) is 14.8 Å². The summed E-state index contributed by atoms with van der Waals surface area (Å²) in [5, 5.41) is 7.79. The minimum Gasteiger partial charge on any atom is -0.328 e. The molecule has 0 fully saturated rings. The van der Waals surface area contributed by atoms with E-state index in [1.807, 2.05) is 36.0 Å². The van der Waals surface area contributed by atoms with Gasteiger partial charge in [0.2, 0.25) is 6.43 Å². The third kappa shape index (κ3) is 2.85. The molecule has 2 aromatic rings. The number of rotatable bonds is 4. The summed E-state index contributed by atoms with van der Waals surface area (Å²) in [5.41, 5.74) is 2.04. The molecule has 0 radical (unpaired) electrons. The minimum atomic E-state index is -2.40. The molecule has 0 saturated carbocycles. The molecule has 2 rings (SSSR count). The molecular weight excluding hydrogens is 365 g/mol. The van der Waals surface area contributed by atoms with E-state index in [1.165, 1.54) is 6.92 Å². The van der Waals surface area contributed by atoms with Crippen molar-refractivity contribution < 1.29 is 8.78 Å². The quantitative estimate of drug-likeness (QED) is 0.653. The van der Waals surface area contributed by atoms with Gasteiger partial charge in [0.1, 0.15) is 6.33 Å². The maximum absolute atomic E-state index is 12.9. The largest absolute Gasteiger partial charge is 0.328 e. The molecule has 0 spiro atoms. The second-order valence-electron chi connectivity index (χ2n) is 4.29. The molecule has 1 aromatic heterocycles. The second-order valence-corrected chi connectivity index (χ2v) is 4.82. The van der Waals surface area contributed by atoms with E-state index in [0.717, 1.165) is 5.56 Å². The van der Waals surface area contributed by atoms with Gasteiger partial charge in [0.15, 0.2) is 5.82 Å². The molecule has 0 aliphatic rings. The third-order valence-corrected chi connectivity index (χ3v) is 3.57. The summed E-state index contributed by atoms with van der Waals surface area (Å²) >= 11 is 1.94. The van der Waals surface area contributed by atoms with Crippen LogP contribution in [0.3, 0.4) is 0 Å². The van der Waals surface area contributed by atoms with Gasteiger partial charge >= 0.3 is 0 Å². The summed E-state index contributed by atoms with van der Waals surface area (Å²) in [6, 6.07) is 5.36. The molecule has 1 N–H and O–H groups in total. The van der Waals surface area contributed by atoms with Gasteiger partial charge in [-0.05, 0) is 23.8 Å². The Balaban J connectivity index is 2.50. The van der Waals surface area contributed by atoms with E-state index < -0.39 is 12.3 Å². The Morgan fingerprint density at radius 1 is 1.37 bits per heavy atom. The van der Waals surface area contributed by atoms with Crippen molar-refractivity contribution in [2.45, 2.75) is 19.3 Å². The Kier molecular flexibility index (Phi) is 4.33. The number of anilines is 1. The van der Waals surface area contributed by atoms with Crippen molar-refractivity contribution in [2.75, 3.05) is 3.53 Å². The van der Waals surface area contributed by atoms with Crippen LogP contribution in [0, 0.1) is 0 Å². The highest BCUT2D eigenvalue weighted by atomic mass is 127.